The fourth-order valence-electron chi connectivity index (χ4n) is 3.08. The van der Waals surface area contributed by atoms with Gasteiger partial charge in [0.15, 0.2) is 0 Å². The maximum Gasteiger partial charge on any atom is 0.148 e. The summed E-state index contributed by atoms with van der Waals surface area (Å²) in [5.74, 6) is 0.131. The second kappa shape index (κ2) is 4.78. The number of hydrogen-bond acceptors (Lipinski definition) is 2. The van der Waals surface area contributed by atoms with Gasteiger partial charge in [-0.05, 0) is 50.8 Å². The molecule has 4 heteroatoms. The first-order chi connectivity index (χ1) is 9.22. The molecule has 2 aromatic rings. The SMILES string of the molecule is Cc1nn(-c2ccccc2F)c2c1C(CN)CCC2. The number of fused-ring (bicyclic) bond motifs is 1. The fourth-order valence-corrected chi connectivity index (χ4v) is 3.08. The molecule has 1 aromatic heterocycles. The number of nitrogens with two attached hydrogens (primary N) is 1. The summed E-state index contributed by atoms with van der Waals surface area (Å²) in [7, 11) is 0. The molecule has 3 nitrogen and oxygen atoms in total. The van der Waals surface area contributed by atoms with Crippen molar-refractivity contribution in [3.8, 4) is 5.69 Å². The summed E-state index contributed by atoms with van der Waals surface area (Å²) < 4.78 is 15.7. The van der Waals surface area contributed by atoms with Gasteiger partial charge in [-0.2, -0.15) is 5.10 Å². The van der Waals surface area contributed by atoms with Gasteiger partial charge in [-0.15, -0.1) is 0 Å². The quantitative estimate of drug-likeness (QED) is 0.901. The van der Waals surface area contributed by atoms with Gasteiger partial charge in [0.1, 0.15) is 11.5 Å². The number of aryl methyl sites for hydroxylation is 1. The van der Waals surface area contributed by atoms with Crippen molar-refractivity contribution in [3.63, 3.8) is 0 Å². The number of hydrogen-bond donors (Lipinski definition) is 1. The molecule has 1 unspecified atom stereocenters. The summed E-state index contributed by atoms with van der Waals surface area (Å²) in [4.78, 5) is 0. The second-order valence-electron chi connectivity index (χ2n) is 5.13. The number of para-hydroxylation sites is 1. The highest BCUT2D eigenvalue weighted by atomic mass is 19.1. The Bertz CT molecular complexity index is 603. The lowest BCUT2D eigenvalue weighted by molar-refractivity contribution is 0.543. The monoisotopic (exact) mass is 259 g/mol. The van der Waals surface area contributed by atoms with E-state index < -0.39 is 0 Å². The lowest BCUT2D eigenvalue weighted by Crippen LogP contribution is -2.19. The lowest BCUT2D eigenvalue weighted by atomic mass is 9.85. The highest BCUT2D eigenvalue weighted by molar-refractivity contribution is 5.41. The highest BCUT2D eigenvalue weighted by Gasteiger charge is 2.27. The van der Waals surface area contributed by atoms with Gasteiger partial charge in [0, 0.05) is 11.3 Å². The largest absolute Gasteiger partial charge is 0.330 e. The average Bonchev–Trinajstić information content (AvgIpc) is 2.77. The predicted molar refractivity (Wildman–Crippen MR) is 73.0 cm³/mol. The summed E-state index contributed by atoms with van der Waals surface area (Å²) in [6.07, 6.45) is 3.14. The van der Waals surface area contributed by atoms with Gasteiger partial charge < -0.3 is 5.73 Å². The van der Waals surface area contributed by atoms with Crippen molar-refractivity contribution >= 4 is 0 Å². The third-order valence-corrected chi connectivity index (χ3v) is 3.95. The van der Waals surface area contributed by atoms with E-state index in [2.05, 4.69) is 5.10 Å². The molecule has 0 amide bonds. The molecule has 0 radical (unpaired) electrons. The van der Waals surface area contributed by atoms with Crippen molar-refractivity contribution < 1.29 is 4.39 Å². The third-order valence-electron chi connectivity index (χ3n) is 3.95. The maximum absolute atomic E-state index is 13.9. The Labute approximate surface area is 112 Å². The Morgan fingerprint density at radius 1 is 1.42 bits per heavy atom. The van der Waals surface area contributed by atoms with Gasteiger partial charge in [-0.1, -0.05) is 12.1 Å². The van der Waals surface area contributed by atoms with Crippen LogP contribution >= 0.6 is 0 Å². The zero-order valence-corrected chi connectivity index (χ0v) is 11.1. The number of halogens is 1. The Morgan fingerprint density at radius 2 is 2.21 bits per heavy atom. The van der Waals surface area contributed by atoms with E-state index in [-0.39, 0.29) is 5.82 Å². The molecule has 0 saturated carbocycles. The number of rotatable bonds is 2. The lowest BCUT2D eigenvalue weighted by Gasteiger charge is -2.22. The van der Waals surface area contributed by atoms with E-state index >= 15 is 0 Å². The van der Waals surface area contributed by atoms with Crippen molar-refractivity contribution in [2.24, 2.45) is 5.73 Å². The van der Waals surface area contributed by atoms with Crippen LogP contribution in [0.15, 0.2) is 24.3 Å². The minimum atomic E-state index is -0.234. The molecule has 1 aliphatic carbocycles. The fraction of sp³-hybridized carbons (Fsp3) is 0.400. The molecule has 2 N–H and O–H groups in total. The van der Waals surface area contributed by atoms with Crippen molar-refractivity contribution in [2.75, 3.05) is 6.54 Å². The van der Waals surface area contributed by atoms with Gasteiger partial charge in [-0.3, -0.25) is 0 Å². The molecule has 1 aliphatic rings. The molecule has 1 heterocycles. The van der Waals surface area contributed by atoms with Crippen LogP contribution in [0.2, 0.25) is 0 Å². The molecular formula is C15H18FN3. The van der Waals surface area contributed by atoms with Gasteiger partial charge in [0.2, 0.25) is 0 Å². The van der Waals surface area contributed by atoms with Crippen molar-refractivity contribution in [1.82, 2.24) is 9.78 Å². The molecule has 19 heavy (non-hydrogen) atoms. The first kappa shape index (κ1) is 12.4. The van der Waals surface area contributed by atoms with Crippen LogP contribution < -0.4 is 5.73 Å². The van der Waals surface area contributed by atoms with Crippen LogP contribution in [0.5, 0.6) is 0 Å². The summed E-state index contributed by atoms with van der Waals surface area (Å²) in [6.45, 7) is 2.63. The van der Waals surface area contributed by atoms with E-state index in [4.69, 9.17) is 5.73 Å². The van der Waals surface area contributed by atoms with Gasteiger partial charge >= 0.3 is 0 Å². The minimum Gasteiger partial charge on any atom is -0.330 e. The predicted octanol–water partition coefficient (Wildman–Crippen LogP) is 2.70. The molecule has 1 aromatic carbocycles. The summed E-state index contributed by atoms with van der Waals surface area (Å²) in [5.41, 5.74) is 9.73. The van der Waals surface area contributed by atoms with Crippen LogP contribution in [0, 0.1) is 12.7 Å². The van der Waals surface area contributed by atoms with Crippen LogP contribution in [0.1, 0.15) is 35.7 Å². The minimum absolute atomic E-state index is 0.234. The molecule has 0 aliphatic heterocycles. The Balaban J connectivity index is 2.17. The number of aromatic nitrogens is 2. The van der Waals surface area contributed by atoms with Crippen LogP contribution in [0.3, 0.4) is 0 Å². The van der Waals surface area contributed by atoms with Crippen LogP contribution in [-0.2, 0) is 6.42 Å². The highest BCUT2D eigenvalue weighted by Crippen LogP contribution is 2.34. The molecule has 0 saturated heterocycles. The smallest absolute Gasteiger partial charge is 0.148 e. The average molecular weight is 259 g/mol. The molecule has 1 atom stereocenters. The second-order valence-corrected chi connectivity index (χ2v) is 5.13. The Kier molecular flexibility index (Phi) is 3.11. The first-order valence-corrected chi connectivity index (χ1v) is 6.75. The Morgan fingerprint density at radius 3 is 2.95 bits per heavy atom. The van der Waals surface area contributed by atoms with Gasteiger partial charge in [0.25, 0.3) is 0 Å². The standard InChI is InChI=1S/C15H18FN3/c1-10-15-11(9-17)5-4-8-14(15)19(18-10)13-7-3-2-6-12(13)16/h2-3,6-7,11H,4-5,8-9,17H2,1H3. The normalized spacial score (nSPS) is 18.4. The van der Waals surface area contributed by atoms with Crippen LogP contribution in [-0.4, -0.2) is 16.3 Å². The summed E-state index contributed by atoms with van der Waals surface area (Å²) >= 11 is 0. The zero-order valence-electron chi connectivity index (χ0n) is 11.1. The first-order valence-electron chi connectivity index (χ1n) is 6.75. The molecule has 0 spiro atoms. The number of nitrogens with zero attached hydrogens (tertiary/aromatic N) is 2. The summed E-state index contributed by atoms with van der Waals surface area (Å²) in [6, 6.07) is 6.78. The van der Waals surface area contributed by atoms with Gasteiger partial charge in [0.05, 0.1) is 5.69 Å². The Hall–Kier alpha value is -1.68. The molecular weight excluding hydrogens is 241 g/mol. The van der Waals surface area contributed by atoms with Crippen molar-refractivity contribution in [1.29, 1.82) is 0 Å². The summed E-state index contributed by atoms with van der Waals surface area (Å²) in [5, 5.41) is 4.54. The number of benzene rings is 1. The third kappa shape index (κ3) is 1.96. The van der Waals surface area contributed by atoms with E-state index in [1.165, 1.54) is 11.6 Å². The van der Waals surface area contributed by atoms with Crippen molar-refractivity contribution in [2.45, 2.75) is 32.1 Å². The maximum atomic E-state index is 13.9. The van der Waals surface area contributed by atoms with E-state index in [0.29, 0.717) is 18.2 Å². The topological polar surface area (TPSA) is 43.8 Å². The molecule has 0 bridgehead atoms. The van der Waals surface area contributed by atoms with E-state index in [1.54, 1.807) is 16.8 Å². The van der Waals surface area contributed by atoms with E-state index in [1.807, 2.05) is 13.0 Å². The molecule has 100 valence electrons. The van der Waals surface area contributed by atoms with E-state index in [9.17, 15) is 4.39 Å². The van der Waals surface area contributed by atoms with E-state index in [0.717, 1.165) is 30.7 Å². The van der Waals surface area contributed by atoms with Crippen molar-refractivity contribution in [3.05, 3.63) is 47.0 Å². The van der Waals surface area contributed by atoms with Crippen LogP contribution in [0.4, 0.5) is 4.39 Å². The molecule has 3 rings (SSSR count). The van der Waals surface area contributed by atoms with Crippen LogP contribution in [0.25, 0.3) is 5.69 Å². The zero-order chi connectivity index (χ0) is 13.4. The molecule has 0 fully saturated rings. The van der Waals surface area contributed by atoms with Gasteiger partial charge in [-0.25, -0.2) is 9.07 Å².